The number of nitrogens with one attached hydrogen (secondary N) is 1. The average Bonchev–Trinajstić information content (AvgIpc) is 2.41. The van der Waals surface area contributed by atoms with Crippen LogP contribution in [0.1, 0.15) is 10.5 Å². The Morgan fingerprint density at radius 2 is 2.00 bits per heavy atom. The number of methoxy groups -OCH3 is 1. The van der Waals surface area contributed by atoms with Crippen LogP contribution in [-0.4, -0.2) is 23.0 Å². The largest absolute Gasteiger partial charge is 0.464 e. The third-order valence-corrected chi connectivity index (χ3v) is 2.18. The summed E-state index contributed by atoms with van der Waals surface area (Å²) in [5.74, 6) is -0.435. The van der Waals surface area contributed by atoms with Gasteiger partial charge in [0.25, 0.3) is 0 Å². The Morgan fingerprint density at radius 3 is 2.67 bits per heavy atom. The molecule has 1 heterocycles. The monoisotopic (exact) mass is 247 g/mol. The number of nitrogens with zero attached hydrogens (tertiary/aromatic N) is 2. The zero-order valence-corrected chi connectivity index (χ0v) is 9.55. The van der Waals surface area contributed by atoms with Crippen LogP contribution in [0.4, 0.5) is 15.9 Å². The van der Waals surface area contributed by atoms with Crippen molar-refractivity contribution in [1.82, 2.24) is 9.97 Å². The number of carbonyl (C=O) groups excluding carboxylic acids is 1. The molecular formula is C12H10FN3O2. The predicted molar refractivity (Wildman–Crippen MR) is 63.1 cm³/mol. The van der Waals surface area contributed by atoms with Crippen LogP contribution in [0.5, 0.6) is 0 Å². The highest BCUT2D eigenvalue weighted by atomic mass is 19.1. The molecule has 5 nitrogen and oxygen atoms in total. The highest BCUT2D eigenvalue weighted by Gasteiger charge is 2.08. The van der Waals surface area contributed by atoms with Crippen LogP contribution in [-0.2, 0) is 4.74 Å². The Hall–Kier alpha value is -2.50. The van der Waals surface area contributed by atoms with Crippen LogP contribution in [0, 0.1) is 5.82 Å². The lowest BCUT2D eigenvalue weighted by molar-refractivity contribution is 0.0594. The van der Waals surface area contributed by atoms with Crippen molar-refractivity contribution in [3.63, 3.8) is 0 Å². The molecule has 6 heteroatoms. The van der Waals surface area contributed by atoms with E-state index in [1.165, 1.54) is 31.6 Å². The molecule has 2 aromatic rings. The molecule has 0 radical (unpaired) electrons. The minimum absolute atomic E-state index is 0.150. The SMILES string of the molecule is COC(=O)c1cc(Nc2ccc(F)cc2)ncn1. The molecule has 0 saturated heterocycles. The van der Waals surface area contributed by atoms with E-state index < -0.39 is 5.97 Å². The molecule has 92 valence electrons. The van der Waals surface area contributed by atoms with Crippen molar-refractivity contribution in [2.24, 2.45) is 0 Å². The molecule has 0 aliphatic heterocycles. The summed E-state index contributed by atoms with van der Waals surface area (Å²) >= 11 is 0. The molecule has 0 spiro atoms. The average molecular weight is 247 g/mol. The molecule has 0 aliphatic carbocycles. The van der Waals surface area contributed by atoms with Gasteiger partial charge in [-0.3, -0.25) is 0 Å². The maximum atomic E-state index is 12.7. The molecule has 0 unspecified atom stereocenters. The molecule has 0 aliphatic rings. The highest BCUT2D eigenvalue weighted by molar-refractivity contribution is 5.87. The van der Waals surface area contributed by atoms with Gasteiger partial charge in [-0.1, -0.05) is 0 Å². The summed E-state index contributed by atoms with van der Waals surface area (Å²) in [7, 11) is 1.28. The minimum Gasteiger partial charge on any atom is -0.464 e. The fraction of sp³-hybridized carbons (Fsp3) is 0.0833. The van der Waals surface area contributed by atoms with Crippen molar-refractivity contribution in [2.45, 2.75) is 0 Å². The van der Waals surface area contributed by atoms with Crippen LogP contribution in [0.15, 0.2) is 36.7 Å². The lowest BCUT2D eigenvalue weighted by Crippen LogP contribution is -2.05. The fourth-order valence-electron chi connectivity index (χ4n) is 1.32. The number of hydrogen-bond donors (Lipinski definition) is 1. The van der Waals surface area contributed by atoms with Gasteiger partial charge in [-0.2, -0.15) is 0 Å². The van der Waals surface area contributed by atoms with Gasteiger partial charge < -0.3 is 10.1 Å². The maximum absolute atomic E-state index is 12.7. The second kappa shape index (κ2) is 5.22. The molecule has 1 aromatic heterocycles. The normalized spacial score (nSPS) is 9.89. The maximum Gasteiger partial charge on any atom is 0.356 e. The van der Waals surface area contributed by atoms with E-state index >= 15 is 0 Å². The third kappa shape index (κ3) is 2.79. The molecule has 0 fully saturated rings. The molecule has 1 aromatic carbocycles. The van der Waals surface area contributed by atoms with Gasteiger partial charge >= 0.3 is 5.97 Å². The number of ether oxygens (including phenoxy) is 1. The van der Waals surface area contributed by atoms with Crippen molar-refractivity contribution in [3.8, 4) is 0 Å². The van der Waals surface area contributed by atoms with Gasteiger partial charge in [0.1, 0.15) is 18.0 Å². The van der Waals surface area contributed by atoms with E-state index in [2.05, 4.69) is 20.0 Å². The minimum atomic E-state index is -0.542. The Bertz CT molecular complexity index is 558. The zero-order chi connectivity index (χ0) is 13.0. The first-order valence-corrected chi connectivity index (χ1v) is 5.12. The molecule has 1 N–H and O–H groups in total. The first-order chi connectivity index (χ1) is 8.69. The number of esters is 1. The summed E-state index contributed by atoms with van der Waals surface area (Å²) in [6.07, 6.45) is 1.25. The van der Waals surface area contributed by atoms with E-state index in [9.17, 15) is 9.18 Å². The second-order valence-electron chi connectivity index (χ2n) is 3.41. The first-order valence-electron chi connectivity index (χ1n) is 5.12. The fourth-order valence-corrected chi connectivity index (χ4v) is 1.32. The van der Waals surface area contributed by atoms with E-state index in [1.807, 2.05) is 0 Å². The number of carbonyl (C=O) groups is 1. The summed E-state index contributed by atoms with van der Waals surface area (Å²) in [5, 5.41) is 2.92. The van der Waals surface area contributed by atoms with Gasteiger partial charge in [0.15, 0.2) is 5.69 Å². The molecule has 0 bridgehead atoms. The Labute approximate surface area is 103 Å². The number of aromatic nitrogens is 2. The number of benzene rings is 1. The van der Waals surface area contributed by atoms with Crippen molar-refractivity contribution >= 4 is 17.5 Å². The van der Waals surface area contributed by atoms with E-state index in [0.717, 1.165) is 0 Å². The number of rotatable bonds is 3. The standard InChI is InChI=1S/C12H10FN3O2/c1-18-12(17)10-6-11(15-7-14-10)16-9-4-2-8(13)3-5-9/h2-7H,1H3,(H,14,15,16). The smallest absolute Gasteiger partial charge is 0.356 e. The van der Waals surface area contributed by atoms with Crippen LogP contribution >= 0.6 is 0 Å². The summed E-state index contributed by atoms with van der Waals surface area (Å²) in [5.41, 5.74) is 0.808. The molecule has 2 rings (SSSR count). The first kappa shape index (κ1) is 12.0. The Balaban J connectivity index is 2.19. The lowest BCUT2D eigenvalue weighted by atomic mass is 10.3. The van der Waals surface area contributed by atoms with Crippen molar-refractivity contribution < 1.29 is 13.9 Å². The molecule has 18 heavy (non-hydrogen) atoms. The molecule has 0 amide bonds. The van der Waals surface area contributed by atoms with Gasteiger partial charge in [-0.15, -0.1) is 0 Å². The number of anilines is 2. The molecule has 0 saturated carbocycles. The lowest BCUT2D eigenvalue weighted by Gasteiger charge is -2.05. The van der Waals surface area contributed by atoms with E-state index in [0.29, 0.717) is 11.5 Å². The number of hydrogen-bond acceptors (Lipinski definition) is 5. The van der Waals surface area contributed by atoms with Crippen molar-refractivity contribution in [1.29, 1.82) is 0 Å². The summed E-state index contributed by atoms with van der Waals surface area (Å²) in [6.45, 7) is 0. The third-order valence-electron chi connectivity index (χ3n) is 2.18. The van der Waals surface area contributed by atoms with Gasteiger partial charge in [0, 0.05) is 11.8 Å². The Kier molecular flexibility index (Phi) is 3.47. The van der Waals surface area contributed by atoms with Gasteiger partial charge in [-0.25, -0.2) is 19.2 Å². The van der Waals surface area contributed by atoms with Crippen LogP contribution < -0.4 is 5.32 Å². The molecule has 0 atom stereocenters. The van der Waals surface area contributed by atoms with Crippen molar-refractivity contribution in [3.05, 3.63) is 48.2 Å². The number of halogens is 1. The summed E-state index contributed by atoms with van der Waals surface area (Å²) in [4.78, 5) is 19.0. The van der Waals surface area contributed by atoms with Crippen molar-refractivity contribution in [2.75, 3.05) is 12.4 Å². The van der Waals surface area contributed by atoms with E-state index in [4.69, 9.17) is 0 Å². The van der Waals surface area contributed by atoms with E-state index in [-0.39, 0.29) is 11.5 Å². The zero-order valence-electron chi connectivity index (χ0n) is 9.55. The van der Waals surface area contributed by atoms with E-state index in [1.54, 1.807) is 12.1 Å². The molecular weight excluding hydrogens is 237 g/mol. The topological polar surface area (TPSA) is 64.1 Å². The van der Waals surface area contributed by atoms with Crippen LogP contribution in [0.3, 0.4) is 0 Å². The predicted octanol–water partition coefficient (Wildman–Crippen LogP) is 2.15. The van der Waals surface area contributed by atoms with Gasteiger partial charge in [-0.05, 0) is 24.3 Å². The highest BCUT2D eigenvalue weighted by Crippen LogP contribution is 2.15. The van der Waals surface area contributed by atoms with Crippen LogP contribution in [0.25, 0.3) is 0 Å². The second-order valence-corrected chi connectivity index (χ2v) is 3.41. The van der Waals surface area contributed by atoms with Gasteiger partial charge in [0.2, 0.25) is 0 Å². The Morgan fingerprint density at radius 1 is 1.28 bits per heavy atom. The quantitative estimate of drug-likeness (QED) is 0.842. The van der Waals surface area contributed by atoms with Crippen LogP contribution in [0.2, 0.25) is 0 Å². The summed E-state index contributed by atoms with van der Waals surface area (Å²) < 4.78 is 17.3. The summed E-state index contributed by atoms with van der Waals surface area (Å²) in [6, 6.07) is 7.23. The van der Waals surface area contributed by atoms with Gasteiger partial charge in [0.05, 0.1) is 7.11 Å².